The van der Waals surface area contributed by atoms with E-state index in [0.717, 1.165) is 11.3 Å². The van der Waals surface area contributed by atoms with Crippen molar-refractivity contribution in [2.24, 2.45) is 0 Å². The second-order valence-corrected chi connectivity index (χ2v) is 5.62. The maximum Gasteiger partial charge on any atom is 0.230 e. The van der Waals surface area contributed by atoms with Crippen LogP contribution in [0.2, 0.25) is 0 Å². The van der Waals surface area contributed by atoms with Crippen molar-refractivity contribution in [3.63, 3.8) is 0 Å². The van der Waals surface area contributed by atoms with E-state index < -0.39 is 0 Å². The Bertz CT molecular complexity index is 842. The molecule has 0 saturated heterocycles. The van der Waals surface area contributed by atoms with E-state index in [-0.39, 0.29) is 24.8 Å². The molecule has 0 bridgehead atoms. The lowest BCUT2D eigenvalue weighted by atomic mass is 10.1. The number of hydrogen-bond acceptors (Lipinski definition) is 3. The largest absolute Gasteiger partial charge is 0.396 e. The lowest BCUT2D eigenvalue weighted by molar-refractivity contribution is -0.115. The van der Waals surface area contributed by atoms with Gasteiger partial charge in [0.2, 0.25) is 5.91 Å². The fraction of sp³-hybridized carbons (Fsp3) is 0.158. The van der Waals surface area contributed by atoms with E-state index in [1.165, 1.54) is 12.1 Å². The molecule has 0 aliphatic rings. The van der Waals surface area contributed by atoms with E-state index in [1.807, 2.05) is 12.1 Å². The van der Waals surface area contributed by atoms with Crippen LogP contribution < -0.4 is 5.32 Å². The summed E-state index contributed by atoms with van der Waals surface area (Å²) in [7, 11) is 0. The predicted octanol–water partition coefficient (Wildman–Crippen LogP) is 2.73. The Morgan fingerprint density at radius 2 is 1.80 bits per heavy atom. The number of aliphatic hydroxyl groups excluding tert-OH is 1. The van der Waals surface area contributed by atoms with Crippen LogP contribution in [-0.4, -0.2) is 27.4 Å². The second kappa shape index (κ2) is 7.72. The van der Waals surface area contributed by atoms with Gasteiger partial charge in [-0.05, 0) is 54.4 Å². The topological polar surface area (TPSA) is 67.2 Å². The van der Waals surface area contributed by atoms with Gasteiger partial charge in [-0.3, -0.25) is 4.79 Å². The minimum atomic E-state index is -0.305. The summed E-state index contributed by atoms with van der Waals surface area (Å²) in [6, 6.07) is 15.1. The van der Waals surface area contributed by atoms with E-state index >= 15 is 0 Å². The third kappa shape index (κ3) is 4.51. The molecule has 2 N–H and O–H groups in total. The number of hydrogen-bond donors (Lipinski definition) is 2. The third-order valence-corrected chi connectivity index (χ3v) is 3.72. The molecule has 0 spiro atoms. The maximum atomic E-state index is 13.0. The van der Waals surface area contributed by atoms with Crippen LogP contribution in [-0.2, 0) is 17.6 Å². The first kappa shape index (κ1) is 16.9. The zero-order valence-corrected chi connectivity index (χ0v) is 13.5. The first-order valence-electron chi connectivity index (χ1n) is 7.94. The average Bonchev–Trinajstić information content (AvgIpc) is 3.06. The van der Waals surface area contributed by atoms with Gasteiger partial charge in [-0.2, -0.15) is 5.10 Å². The summed E-state index contributed by atoms with van der Waals surface area (Å²) in [5.74, 6) is -0.472. The molecule has 2 aromatic carbocycles. The van der Waals surface area contributed by atoms with Crippen molar-refractivity contribution in [3.8, 4) is 5.69 Å². The SMILES string of the molecule is O=C(Cc1ccn(-c2ccc(F)cc2)n1)Nc1ccc(CCO)cc1. The molecular weight excluding hydrogens is 321 g/mol. The van der Waals surface area contributed by atoms with Crippen LogP contribution in [0.4, 0.5) is 10.1 Å². The summed E-state index contributed by atoms with van der Waals surface area (Å²) in [5.41, 5.74) is 3.06. The van der Waals surface area contributed by atoms with Crippen molar-refractivity contribution in [2.45, 2.75) is 12.8 Å². The maximum absolute atomic E-state index is 13.0. The summed E-state index contributed by atoms with van der Waals surface area (Å²) < 4.78 is 14.6. The van der Waals surface area contributed by atoms with Crippen LogP contribution in [0, 0.1) is 5.82 Å². The molecule has 1 aromatic heterocycles. The monoisotopic (exact) mass is 339 g/mol. The smallest absolute Gasteiger partial charge is 0.230 e. The molecule has 1 amide bonds. The van der Waals surface area contributed by atoms with E-state index in [9.17, 15) is 9.18 Å². The number of nitrogens with one attached hydrogen (secondary N) is 1. The minimum Gasteiger partial charge on any atom is -0.396 e. The van der Waals surface area contributed by atoms with Gasteiger partial charge in [-0.1, -0.05) is 12.1 Å². The third-order valence-electron chi connectivity index (χ3n) is 3.72. The average molecular weight is 339 g/mol. The van der Waals surface area contributed by atoms with Crippen molar-refractivity contribution >= 4 is 11.6 Å². The van der Waals surface area contributed by atoms with Gasteiger partial charge < -0.3 is 10.4 Å². The highest BCUT2D eigenvalue weighted by atomic mass is 19.1. The molecule has 128 valence electrons. The van der Waals surface area contributed by atoms with Gasteiger partial charge in [-0.15, -0.1) is 0 Å². The van der Waals surface area contributed by atoms with E-state index in [1.54, 1.807) is 41.2 Å². The van der Waals surface area contributed by atoms with Gasteiger partial charge in [0.1, 0.15) is 5.82 Å². The normalized spacial score (nSPS) is 10.6. The number of anilines is 1. The summed E-state index contributed by atoms with van der Waals surface area (Å²) in [4.78, 5) is 12.1. The summed E-state index contributed by atoms with van der Waals surface area (Å²) in [6.45, 7) is 0.0996. The quantitative estimate of drug-likeness (QED) is 0.726. The van der Waals surface area contributed by atoms with E-state index in [2.05, 4.69) is 10.4 Å². The summed E-state index contributed by atoms with van der Waals surface area (Å²) in [6.07, 6.45) is 2.47. The minimum absolute atomic E-state index is 0.0996. The second-order valence-electron chi connectivity index (χ2n) is 5.62. The number of aliphatic hydroxyl groups is 1. The Kier molecular flexibility index (Phi) is 5.20. The number of carbonyl (C=O) groups is 1. The van der Waals surface area contributed by atoms with Gasteiger partial charge in [0, 0.05) is 18.5 Å². The zero-order valence-electron chi connectivity index (χ0n) is 13.5. The molecule has 1 heterocycles. The molecule has 0 fully saturated rings. The first-order chi connectivity index (χ1) is 12.1. The number of benzene rings is 2. The first-order valence-corrected chi connectivity index (χ1v) is 7.94. The van der Waals surface area contributed by atoms with E-state index in [4.69, 9.17) is 5.11 Å². The Morgan fingerprint density at radius 3 is 2.48 bits per heavy atom. The van der Waals surface area contributed by atoms with Gasteiger partial charge in [0.25, 0.3) is 0 Å². The molecule has 0 saturated carbocycles. The van der Waals surface area contributed by atoms with Crippen LogP contribution in [0.5, 0.6) is 0 Å². The molecule has 0 atom stereocenters. The van der Waals surface area contributed by atoms with Crippen LogP contribution in [0.15, 0.2) is 60.8 Å². The number of carbonyl (C=O) groups excluding carboxylic acids is 1. The molecule has 0 unspecified atom stereocenters. The fourth-order valence-electron chi connectivity index (χ4n) is 2.45. The number of halogens is 1. The number of rotatable bonds is 6. The number of amides is 1. The molecule has 3 rings (SSSR count). The fourth-order valence-corrected chi connectivity index (χ4v) is 2.45. The van der Waals surface area contributed by atoms with Crippen molar-refractivity contribution in [3.05, 3.63) is 77.9 Å². The molecule has 0 aliphatic carbocycles. The Hall–Kier alpha value is -2.99. The number of nitrogens with zero attached hydrogens (tertiary/aromatic N) is 2. The molecule has 6 heteroatoms. The lowest BCUT2D eigenvalue weighted by Crippen LogP contribution is -2.15. The molecule has 5 nitrogen and oxygen atoms in total. The highest BCUT2D eigenvalue weighted by molar-refractivity contribution is 5.92. The zero-order chi connectivity index (χ0) is 17.6. The van der Waals surface area contributed by atoms with E-state index in [0.29, 0.717) is 17.8 Å². The Balaban J connectivity index is 1.60. The Labute approximate surface area is 144 Å². The summed E-state index contributed by atoms with van der Waals surface area (Å²) >= 11 is 0. The standard InChI is InChI=1S/C19H18FN3O2/c20-15-3-7-18(8-4-15)23-11-9-17(22-23)13-19(25)21-16-5-1-14(2-6-16)10-12-24/h1-9,11,24H,10,12-13H2,(H,21,25). The highest BCUT2D eigenvalue weighted by Gasteiger charge is 2.08. The lowest BCUT2D eigenvalue weighted by Gasteiger charge is -2.05. The van der Waals surface area contributed by atoms with Crippen LogP contribution >= 0.6 is 0 Å². The van der Waals surface area contributed by atoms with Crippen molar-refractivity contribution < 1.29 is 14.3 Å². The van der Waals surface area contributed by atoms with Gasteiger partial charge in [0.15, 0.2) is 0 Å². The van der Waals surface area contributed by atoms with Crippen LogP contribution in [0.3, 0.4) is 0 Å². The molecular formula is C19H18FN3O2. The van der Waals surface area contributed by atoms with Crippen LogP contribution in [0.25, 0.3) is 5.69 Å². The molecule has 0 aliphatic heterocycles. The van der Waals surface area contributed by atoms with Crippen LogP contribution in [0.1, 0.15) is 11.3 Å². The Morgan fingerprint density at radius 1 is 1.08 bits per heavy atom. The molecule has 3 aromatic rings. The molecule has 25 heavy (non-hydrogen) atoms. The van der Waals surface area contributed by atoms with Crippen molar-refractivity contribution in [1.29, 1.82) is 0 Å². The molecule has 0 radical (unpaired) electrons. The highest BCUT2D eigenvalue weighted by Crippen LogP contribution is 2.12. The predicted molar refractivity (Wildman–Crippen MR) is 93.1 cm³/mol. The van der Waals surface area contributed by atoms with Gasteiger partial charge in [0.05, 0.1) is 17.8 Å². The number of aromatic nitrogens is 2. The summed E-state index contributed by atoms with van der Waals surface area (Å²) in [5, 5.41) is 16.1. The van der Waals surface area contributed by atoms with Crippen molar-refractivity contribution in [2.75, 3.05) is 11.9 Å². The van der Waals surface area contributed by atoms with Crippen molar-refractivity contribution in [1.82, 2.24) is 9.78 Å². The van der Waals surface area contributed by atoms with Gasteiger partial charge >= 0.3 is 0 Å². The van der Waals surface area contributed by atoms with Gasteiger partial charge in [-0.25, -0.2) is 9.07 Å².